The van der Waals surface area contributed by atoms with E-state index < -0.39 is 0 Å². The van der Waals surface area contributed by atoms with Crippen LogP contribution in [0.2, 0.25) is 10.0 Å². The molecule has 1 N–H and O–H groups in total. The Kier molecular flexibility index (Phi) is 9.01. The highest BCUT2D eigenvalue weighted by molar-refractivity contribution is 6.35. The molecule has 1 saturated heterocycles. The summed E-state index contributed by atoms with van der Waals surface area (Å²) in [5, 5.41) is 4.41. The lowest BCUT2D eigenvalue weighted by Crippen LogP contribution is -2.46. The fourth-order valence-electron chi connectivity index (χ4n) is 2.94. The highest BCUT2D eigenvalue weighted by Gasteiger charge is 2.26. The van der Waals surface area contributed by atoms with E-state index in [4.69, 9.17) is 32.7 Å². The summed E-state index contributed by atoms with van der Waals surface area (Å²) in [5.41, 5.74) is 0. The standard InChI is InChI=1S/C19H27Cl2N3O3/c1-3-22-19(24-10-7-14(8-11-24)18(25)26-2)23-9-4-12-27-17-6-5-15(20)13-16(17)21/h5-6,13-14H,3-4,7-12H2,1-2H3,(H,22,23). The van der Waals surface area contributed by atoms with Crippen molar-refractivity contribution in [3.8, 4) is 5.75 Å². The van der Waals surface area contributed by atoms with Crippen LogP contribution in [-0.4, -0.2) is 56.7 Å². The molecular formula is C19H27Cl2N3O3. The quantitative estimate of drug-likeness (QED) is 0.319. The molecule has 150 valence electrons. The number of methoxy groups -OCH3 is 1. The lowest BCUT2D eigenvalue weighted by atomic mass is 9.97. The smallest absolute Gasteiger partial charge is 0.308 e. The number of benzene rings is 1. The normalized spacial score (nSPS) is 15.6. The van der Waals surface area contributed by atoms with Crippen molar-refractivity contribution in [3.63, 3.8) is 0 Å². The molecule has 8 heteroatoms. The molecule has 1 fully saturated rings. The number of hydrogen-bond acceptors (Lipinski definition) is 4. The summed E-state index contributed by atoms with van der Waals surface area (Å²) in [6.45, 7) is 5.60. The molecule has 0 radical (unpaired) electrons. The first-order valence-electron chi connectivity index (χ1n) is 9.24. The Balaban J connectivity index is 1.79. The average molecular weight is 416 g/mol. The van der Waals surface area contributed by atoms with Crippen molar-refractivity contribution in [3.05, 3.63) is 28.2 Å². The minimum Gasteiger partial charge on any atom is -0.492 e. The molecular weight excluding hydrogens is 389 g/mol. The fraction of sp³-hybridized carbons (Fsp3) is 0.579. The monoisotopic (exact) mass is 415 g/mol. The van der Waals surface area contributed by atoms with E-state index in [2.05, 4.69) is 15.2 Å². The number of aliphatic imine (C=N–C) groups is 1. The molecule has 6 nitrogen and oxygen atoms in total. The predicted octanol–water partition coefficient (Wildman–Crippen LogP) is 3.61. The Morgan fingerprint density at radius 2 is 2.07 bits per heavy atom. The van der Waals surface area contributed by atoms with Gasteiger partial charge in [0.25, 0.3) is 0 Å². The molecule has 0 aromatic heterocycles. The van der Waals surface area contributed by atoms with Crippen molar-refractivity contribution in [2.75, 3.05) is 39.9 Å². The van der Waals surface area contributed by atoms with Gasteiger partial charge in [-0.1, -0.05) is 23.2 Å². The zero-order chi connectivity index (χ0) is 19.6. The summed E-state index contributed by atoms with van der Waals surface area (Å²) in [4.78, 5) is 18.5. The third-order valence-electron chi connectivity index (χ3n) is 4.38. The fourth-order valence-corrected chi connectivity index (χ4v) is 3.41. The molecule has 0 spiro atoms. The van der Waals surface area contributed by atoms with Crippen LogP contribution in [0.1, 0.15) is 26.2 Å². The lowest BCUT2D eigenvalue weighted by Gasteiger charge is -2.33. The van der Waals surface area contributed by atoms with Gasteiger partial charge in [0.2, 0.25) is 0 Å². The topological polar surface area (TPSA) is 63.2 Å². The second kappa shape index (κ2) is 11.2. The first-order chi connectivity index (χ1) is 13.0. The third kappa shape index (κ3) is 6.78. The molecule has 2 rings (SSSR count). The van der Waals surface area contributed by atoms with Gasteiger partial charge in [0, 0.05) is 37.6 Å². The number of carbonyl (C=O) groups is 1. The number of likely N-dealkylation sites (tertiary alicyclic amines) is 1. The van der Waals surface area contributed by atoms with E-state index in [-0.39, 0.29) is 11.9 Å². The van der Waals surface area contributed by atoms with Crippen LogP contribution in [0.5, 0.6) is 5.75 Å². The SMILES string of the molecule is CCNC(=NCCCOc1ccc(Cl)cc1Cl)N1CCC(C(=O)OC)CC1. The Bertz CT molecular complexity index is 647. The Hall–Kier alpha value is -1.66. The number of halogens is 2. The molecule has 1 aliphatic rings. The molecule has 0 saturated carbocycles. The average Bonchev–Trinajstić information content (AvgIpc) is 2.68. The summed E-state index contributed by atoms with van der Waals surface area (Å²) in [7, 11) is 1.44. The van der Waals surface area contributed by atoms with Crippen molar-refractivity contribution in [1.29, 1.82) is 0 Å². The predicted molar refractivity (Wildman–Crippen MR) is 109 cm³/mol. The second-order valence-corrected chi connectivity index (χ2v) is 7.14. The van der Waals surface area contributed by atoms with Gasteiger partial charge in [0.05, 0.1) is 24.7 Å². The van der Waals surface area contributed by atoms with Crippen LogP contribution in [-0.2, 0) is 9.53 Å². The van der Waals surface area contributed by atoms with Gasteiger partial charge < -0.3 is 19.7 Å². The second-order valence-electron chi connectivity index (χ2n) is 6.30. The number of nitrogens with zero attached hydrogens (tertiary/aromatic N) is 2. The summed E-state index contributed by atoms with van der Waals surface area (Å²) in [6, 6.07) is 5.18. The highest BCUT2D eigenvalue weighted by Crippen LogP contribution is 2.27. The van der Waals surface area contributed by atoms with Crippen LogP contribution in [0.25, 0.3) is 0 Å². The number of hydrogen-bond donors (Lipinski definition) is 1. The van der Waals surface area contributed by atoms with Crippen LogP contribution >= 0.6 is 23.2 Å². The van der Waals surface area contributed by atoms with Gasteiger partial charge in [0.1, 0.15) is 5.75 Å². The largest absolute Gasteiger partial charge is 0.492 e. The first kappa shape index (κ1) is 21.6. The minimum atomic E-state index is -0.116. The van der Waals surface area contributed by atoms with E-state index in [1.807, 2.05) is 6.92 Å². The molecule has 1 aliphatic heterocycles. The Morgan fingerprint density at radius 1 is 1.33 bits per heavy atom. The van der Waals surface area contributed by atoms with E-state index >= 15 is 0 Å². The van der Waals surface area contributed by atoms with Gasteiger partial charge in [-0.2, -0.15) is 0 Å². The molecule has 1 aromatic rings. The van der Waals surface area contributed by atoms with Crippen LogP contribution in [0, 0.1) is 5.92 Å². The molecule has 0 amide bonds. The molecule has 27 heavy (non-hydrogen) atoms. The van der Waals surface area contributed by atoms with Gasteiger partial charge in [0.15, 0.2) is 5.96 Å². The van der Waals surface area contributed by atoms with E-state index in [1.165, 1.54) is 7.11 Å². The van der Waals surface area contributed by atoms with Crippen LogP contribution in [0.4, 0.5) is 0 Å². The third-order valence-corrected chi connectivity index (χ3v) is 4.91. The van der Waals surface area contributed by atoms with E-state index in [0.717, 1.165) is 44.9 Å². The number of ether oxygens (including phenoxy) is 2. The zero-order valence-electron chi connectivity index (χ0n) is 15.8. The molecule has 1 aromatic carbocycles. The molecule has 0 atom stereocenters. The van der Waals surface area contributed by atoms with Gasteiger partial charge in [-0.05, 0) is 38.0 Å². The van der Waals surface area contributed by atoms with E-state index in [0.29, 0.717) is 28.9 Å². The van der Waals surface area contributed by atoms with Crippen molar-refractivity contribution in [2.24, 2.45) is 10.9 Å². The minimum absolute atomic E-state index is 0.00773. The van der Waals surface area contributed by atoms with Crippen molar-refractivity contribution < 1.29 is 14.3 Å². The maximum Gasteiger partial charge on any atom is 0.308 e. The van der Waals surface area contributed by atoms with E-state index in [1.54, 1.807) is 18.2 Å². The number of nitrogens with one attached hydrogen (secondary N) is 1. The van der Waals surface area contributed by atoms with Crippen LogP contribution < -0.4 is 10.1 Å². The van der Waals surface area contributed by atoms with Crippen molar-refractivity contribution in [2.45, 2.75) is 26.2 Å². The Labute approximate surface area is 170 Å². The molecule has 0 bridgehead atoms. The maximum atomic E-state index is 11.7. The highest BCUT2D eigenvalue weighted by atomic mass is 35.5. The number of carbonyl (C=O) groups excluding carboxylic acids is 1. The van der Waals surface area contributed by atoms with Gasteiger partial charge >= 0.3 is 5.97 Å². The number of esters is 1. The van der Waals surface area contributed by atoms with Gasteiger partial charge in [-0.25, -0.2) is 0 Å². The number of piperidine rings is 1. The zero-order valence-corrected chi connectivity index (χ0v) is 17.4. The van der Waals surface area contributed by atoms with Crippen LogP contribution in [0.15, 0.2) is 23.2 Å². The number of guanidine groups is 1. The first-order valence-corrected chi connectivity index (χ1v) is 9.99. The van der Waals surface area contributed by atoms with Gasteiger partial charge in [-0.3, -0.25) is 9.79 Å². The maximum absolute atomic E-state index is 11.7. The Morgan fingerprint density at radius 3 is 2.70 bits per heavy atom. The summed E-state index contributed by atoms with van der Waals surface area (Å²) >= 11 is 12.0. The summed E-state index contributed by atoms with van der Waals surface area (Å²) < 4.78 is 10.5. The van der Waals surface area contributed by atoms with Crippen molar-refractivity contribution in [1.82, 2.24) is 10.2 Å². The number of rotatable bonds is 7. The lowest BCUT2D eigenvalue weighted by molar-refractivity contribution is -0.146. The van der Waals surface area contributed by atoms with Gasteiger partial charge in [-0.15, -0.1) is 0 Å². The summed E-state index contributed by atoms with van der Waals surface area (Å²) in [6.07, 6.45) is 2.34. The molecule has 1 heterocycles. The van der Waals surface area contributed by atoms with E-state index in [9.17, 15) is 4.79 Å². The summed E-state index contributed by atoms with van der Waals surface area (Å²) in [5.74, 6) is 1.38. The van der Waals surface area contributed by atoms with Crippen LogP contribution in [0.3, 0.4) is 0 Å². The van der Waals surface area contributed by atoms with Crippen molar-refractivity contribution >= 4 is 35.1 Å². The molecule has 0 aliphatic carbocycles. The molecule has 0 unspecified atom stereocenters.